The van der Waals surface area contributed by atoms with Crippen molar-refractivity contribution in [1.29, 1.82) is 0 Å². The maximum atomic E-state index is 13.6. The summed E-state index contributed by atoms with van der Waals surface area (Å²) in [6.07, 6.45) is 4.30. The van der Waals surface area contributed by atoms with Gasteiger partial charge in [0, 0.05) is 31.7 Å². The molecular formula is C21H26FN5O3. The molecule has 1 amide bonds. The number of carbonyl (C=O) groups is 2. The van der Waals surface area contributed by atoms with E-state index in [9.17, 15) is 14.0 Å². The molecule has 1 aromatic carbocycles. The van der Waals surface area contributed by atoms with Gasteiger partial charge in [0.15, 0.2) is 0 Å². The van der Waals surface area contributed by atoms with Gasteiger partial charge in [0.05, 0.1) is 18.2 Å². The number of anilines is 2. The highest BCUT2D eigenvalue weighted by Crippen LogP contribution is 2.25. The van der Waals surface area contributed by atoms with Crippen molar-refractivity contribution < 1.29 is 18.7 Å². The third-order valence-electron chi connectivity index (χ3n) is 5.11. The highest BCUT2D eigenvalue weighted by molar-refractivity contribution is 6.13. The van der Waals surface area contributed by atoms with Gasteiger partial charge in [0.2, 0.25) is 17.6 Å². The molecule has 2 heterocycles. The number of carbonyl (C=O) groups excluding carboxylic acids is 2. The zero-order chi connectivity index (χ0) is 21.7. The average Bonchev–Trinajstić information content (AvgIpc) is 2.74. The number of halogens is 1. The number of nitrogens with one attached hydrogen (secondary N) is 1. The minimum Gasteiger partial charge on any atom is -0.496 e. The van der Waals surface area contributed by atoms with Crippen LogP contribution in [-0.2, 0) is 4.79 Å². The first kappa shape index (κ1) is 21.5. The second-order valence-electron chi connectivity index (χ2n) is 7.22. The molecule has 0 aliphatic carbocycles. The summed E-state index contributed by atoms with van der Waals surface area (Å²) in [5, 5.41) is 3.21. The first-order valence-corrected chi connectivity index (χ1v) is 9.98. The number of hydrogen-bond donors (Lipinski definition) is 2. The topological polar surface area (TPSA) is 110 Å². The Labute approximate surface area is 174 Å². The van der Waals surface area contributed by atoms with Crippen molar-refractivity contribution in [2.24, 2.45) is 0 Å². The summed E-state index contributed by atoms with van der Waals surface area (Å²) in [5.74, 6) is -0.328. The van der Waals surface area contributed by atoms with Crippen molar-refractivity contribution in [2.45, 2.75) is 38.6 Å². The fourth-order valence-electron chi connectivity index (χ4n) is 3.47. The first-order chi connectivity index (χ1) is 14.4. The SMILES string of the molecule is CCCC(=O)N1CCC(Nc2ncc(C(=O)c3cc(F)ccc3OC)c(N)n2)CC1. The summed E-state index contributed by atoms with van der Waals surface area (Å²) in [4.78, 5) is 35.1. The maximum Gasteiger partial charge on any atom is 0.224 e. The second kappa shape index (κ2) is 9.51. The quantitative estimate of drug-likeness (QED) is 0.669. The molecule has 2 aromatic rings. The van der Waals surface area contributed by atoms with Crippen molar-refractivity contribution in [2.75, 3.05) is 31.2 Å². The number of ketones is 1. The van der Waals surface area contributed by atoms with Crippen LogP contribution in [0, 0.1) is 5.82 Å². The number of amides is 1. The lowest BCUT2D eigenvalue weighted by Crippen LogP contribution is -2.42. The lowest BCUT2D eigenvalue weighted by Gasteiger charge is -2.32. The van der Waals surface area contributed by atoms with E-state index >= 15 is 0 Å². The molecule has 0 atom stereocenters. The third kappa shape index (κ3) is 4.84. The highest BCUT2D eigenvalue weighted by atomic mass is 19.1. The summed E-state index contributed by atoms with van der Waals surface area (Å²) in [7, 11) is 1.40. The van der Waals surface area contributed by atoms with Crippen LogP contribution in [0.25, 0.3) is 0 Å². The lowest BCUT2D eigenvalue weighted by atomic mass is 10.0. The van der Waals surface area contributed by atoms with Crippen molar-refractivity contribution in [3.8, 4) is 5.75 Å². The van der Waals surface area contributed by atoms with Crippen LogP contribution in [0.4, 0.5) is 16.2 Å². The number of piperidine rings is 1. The van der Waals surface area contributed by atoms with E-state index < -0.39 is 11.6 Å². The molecular weight excluding hydrogens is 389 g/mol. The number of ether oxygens (including phenoxy) is 1. The fourth-order valence-corrected chi connectivity index (χ4v) is 3.47. The molecule has 0 saturated carbocycles. The van der Waals surface area contributed by atoms with Crippen molar-refractivity contribution >= 4 is 23.5 Å². The molecule has 0 spiro atoms. The molecule has 1 aliphatic rings. The Bertz CT molecular complexity index is 929. The van der Waals surface area contributed by atoms with Crippen LogP contribution in [0.1, 0.15) is 48.5 Å². The average molecular weight is 415 g/mol. The Morgan fingerprint density at radius 3 is 2.67 bits per heavy atom. The van der Waals surface area contributed by atoms with Crippen LogP contribution in [0.15, 0.2) is 24.4 Å². The molecule has 1 saturated heterocycles. The second-order valence-corrected chi connectivity index (χ2v) is 7.22. The van der Waals surface area contributed by atoms with Crippen LogP contribution < -0.4 is 15.8 Å². The Kier molecular flexibility index (Phi) is 6.81. The van der Waals surface area contributed by atoms with Gasteiger partial charge in [-0.15, -0.1) is 0 Å². The molecule has 160 valence electrons. The standard InChI is InChI=1S/C21H26FN5O3/c1-3-4-18(28)27-9-7-14(8-10-27)25-21-24-12-16(20(23)26-21)19(29)15-11-13(22)5-6-17(15)30-2/h5-6,11-12,14H,3-4,7-10H2,1-2H3,(H3,23,24,25,26). The summed E-state index contributed by atoms with van der Waals surface area (Å²) in [5.41, 5.74) is 6.12. The van der Waals surface area contributed by atoms with Gasteiger partial charge in [-0.3, -0.25) is 9.59 Å². The molecule has 1 aliphatic heterocycles. The third-order valence-corrected chi connectivity index (χ3v) is 5.11. The molecule has 1 fully saturated rings. The number of nitrogen functional groups attached to an aromatic ring is 1. The molecule has 0 unspecified atom stereocenters. The van der Waals surface area contributed by atoms with E-state index in [-0.39, 0.29) is 34.6 Å². The Hall–Kier alpha value is -3.23. The molecule has 9 heteroatoms. The number of nitrogens with zero attached hydrogens (tertiary/aromatic N) is 3. The minimum absolute atomic E-state index is 0.000580. The van der Waals surface area contributed by atoms with E-state index in [2.05, 4.69) is 15.3 Å². The number of likely N-dealkylation sites (tertiary alicyclic amines) is 1. The smallest absolute Gasteiger partial charge is 0.224 e. The number of nitrogens with two attached hydrogens (primary N) is 1. The van der Waals surface area contributed by atoms with Gasteiger partial charge in [-0.05, 0) is 37.5 Å². The number of methoxy groups -OCH3 is 1. The number of hydrogen-bond acceptors (Lipinski definition) is 7. The van der Waals surface area contributed by atoms with E-state index in [1.165, 1.54) is 25.4 Å². The van der Waals surface area contributed by atoms with Crippen molar-refractivity contribution in [3.63, 3.8) is 0 Å². The lowest BCUT2D eigenvalue weighted by molar-refractivity contribution is -0.132. The van der Waals surface area contributed by atoms with Crippen LogP contribution in [-0.4, -0.2) is 52.8 Å². The number of aromatic nitrogens is 2. The molecule has 8 nitrogen and oxygen atoms in total. The monoisotopic (exact) mass is 415 g/mol. The van der Waals surface area contributed by atoms with Crippen LogP contribution >= 0.6 is 0 Å². The molecule has 30 heavy (non-hydrogen) atoms. The van der Waals surface area contributed by atoms with Crippen molar-refractivity contribution in [3.05, 3.63) is 41.3 Å². The maximum absolute atomic E-state index is 13.6. The van der Waals surface area contributed by atoms with Gasteiger partial charge in [-0.25, -0.2) is 9.37 Å². The van der Waals surface area contributed by atoms with E-state index in [4.69, 9.17) is 10.5 Å². The van der Waals surface area contributed by atoms with Gasteiger partial charge >= 0.3 is 0 Å². The van der Waals surface area contributed by atoms with Crippen LogP contribution in [0.5, 0.6) is 5.75 Å². The van der Waals surface area contributed by atoms with Crippen LogP contribution in [0.3, 0.4) is 0 Å². The largest absolute Gasteiger partial charge is 0.496 e. The first-order valence-electron chi connectivity index (χ1n) is 9.98. The van der Waals surface area contributed by atoms with E-state index in [1.54, 1.807) is 0 Å². The van der Waals surface area contributed by atoms with Gasteiger partial charge in [0.25, 0.3) is 0 Å². The van der Waals surface area contributed by atoms with E-state index in [0.717, 1.165) is 25.3 Å². The molecule has 1 aromatic heterocycles. The minimum atomic E-state index is -0.555. The molecule has 0 bridgehead atoms. The Balaban J connectivity index is 1.67. The zero-order valence-corrected chi connectivity index (χ0v) is 17.2. The summed E-state index contributed by atoms with van der Waals surface area (Å²) >= 11 is 0. The Morgan fingerprint density at radius 1 is 1.30 bits per heavy atom. The van der Waals surface area contributed by atoms with Crippen molar-refractivity contribution in [1.82, 2.24) is 14.9 Å². The molecule has 3 N–H and O–H groups in total. The van der Waals surface area contributed by atoms with Gasteiger partial charge < -0.3 is 20.7 Å². The van der Waals surface area contributed by atoms with E-state index in [1.807, 2.05) is 11.8 Å². The zero-order valence-electron chi connectivity index (χ0n) is 17.2. The van der Waals surface area contributed by atoms with Gasteiger partial charge in [-0.2, -0.15) is 4.98 Å². The molecule has 3 rings (SSSR count). The fraction of sp³-hybridized carbons (Fsp3) is 0.429. The normalized spacial score (nSPS) is 14.4. The van der Waals surface area contributed by atoms with Gasteiger partial charge in [-0.1, -0.05) is 6.92 Å². The highest BCUT2D eigenvalue weighted by Gasteiger charge is 2.24. The Morgan fingerprint density at radius 2 is 2.03 bits per heavy atom. The van der Waals surface area contributed by atoms with Crippen LogP contribution in [0.2, 0.25) is 0 Å². The van der Waals surface area contributed by atoms with E-state index in [0.29, 0.717) is 25.5 Å². The predicted octanol–water partition coefficient (Wildman–Crippen LogP) is 2.64. The summed E-state index contributed by atoms with van der Waals surface area (Å²) < 4.78 is 18.7. The summed E-state index contributed by atoms with van der Waals surface area (Å²) in [6, 6.07) is 3.80. The number of benzene rings is 1. The number of rotatable bonds is 7. The van der Waals surface area contributed by atoms with Gasteiger partial charge in [0.1, 0.15) is 17.4 Å². The summed E-state index contributed by atoms with van der Waals surface area (Å²) in [6.45, 7) is 3.36. The molecule has 0 radical (unpaired) electrons. The predicted molar refractivity (Wildman–Crippen MR) is 111 cm³/mol.